The van der Waals surface area contributed by atoms with Crippen LogP contribution in [0.4, 0.5) is 22.7 Å². The van der Waals surface area contributed by atoms with Gasteiger partial charge < -0.3 is 60.1 Å². The summed E-state index contributed by atoms with van der Waals surface area (Å²) in [5, 5.41) is 22.5. The van der Waals surface area contributed by atoms with Crippen molar-refractivity contribution in [1.82, 2.24) is 31.1 Å². The van der Waals surface area contributed by atoms with Crippen molar-refractivity contribution in [2.24, 2.45) is 0 Å². The highest BCUT2D eigenvalue weighted by molar-refractivity contribution is 5.76. The molecule has 6 heterocycles. The number of benzene rings is 7. The second kappa shape index (κ2) is 50.7. The Bertz CT molecular complexity index is 3790. The van der Waals surface area contributed by atoms with Gasteiger partial charge in [-0.25, -0.2) is 0 Å². The van der Waals surface area contributed by atoms with Crippen LogP contribution in [0.15, 0.2) is 152 Å². The number of nitriles is 1. The topological polar surface area (TPSA) is 127 Å². The molecule has 0 bridgehead atoms. The van der Waals surface area contributed by atoms with Gasteiger partial charge in [0.05, 0.1) is 31.2 Å². The molecule has 0 atom stereocenters. The highest BCUT2D eigenvalue weighted by atomic mass is 16.5. The molecular formula is C101H153N11O3. The van der Waals surface area contributed by atoms with E-state index in [4.69, 9.17) is 9.47 Å². The van der Waals surface area contributed by atoms with Crippen LogP contribution in [-0.4, -0.2) is 168 Å². The molecule has 6 saturated heterocycles. The molecule has 6 fully saturated rings. The summed E-state index contributed by atoms with van der Waals surface area (Å²) in [6.07, 6.45) is 11.8. The predicted octanol–water partition coefficient (Wildman–Crippen LogP) is 20.9. The van der Waals surface area contributed by atoms with E-state index in [1.807, 2.05) is 18.0 Å². The first-order valence-corrected chi connectivity index (χ1v) is 44.5. The van der Waals surface area contributed by atoms with E-state index in [1.54, 1.807) is 14.2 Å². The largest absolute Gasteiger partial charge is 0.496 e. The van der Waals surface area contributed by atoms with Crippen molar-refractivity contribution in [3.8, 4) is 17.6 Å². The third kappa shape index (κ3) is 31.2. The summed E-state index contributed by atoms with van der Waals surface area (Å²) >= 11 is 0. The van der Waals surface area contributed by atoms with Gasteiger partial charge >= 0.3 is 0 Å². The van der Waals surface area contributed by atoms with Crippen molar-refractivity contribution in [2.75, 3.05) is 172 Å². The lowest BCUT2D eigenvalue weighted by Crippen LogP contribution is -2.48. The van der Waals surface area contributed by atoms with Gasteiger partial charge in [0.25, 0.3) is 0 Å². The lowest BCUT2D eigenvalue weighted by molar-refractivity contribution is -0.131. The number of carbonyl (C=O) groups is 1. The summed E-state index contributed by atoms with van der Waals surface area (Å²) < 4.78 is 11.1. The van der Waals surface area contributed by atoms with E-state index in [0.29, 0.717) is 59.7 Å². The van der Waals surface area contributed by atoms with Gasteiger partial charge in [-0.3, -0.25) is 4.79 Å². The minimum absolute atomic E-state index is 0.308. The monoisotopic (exact) mass is 1570 g/mol. The van der Waals surface area contributed by atoms with Gasteiger partial charge in [0, 0.05) is 109 Å². The number of hydrogen-bond acceptors (Lipinski definition) is 13. The minimum atomic E-state index is 0.308. The number of piperazine rings is 3. The lowest BCUT2D eigenvalue weighted by atomic mass is 9.88. The van der Waals surface area contributed by atoms with E-state index in [9.17, 15) is 10.1 Å². The fourth-order valence-electron chi connectivity index (χ4n) is 15.7. The van der Waals surface area contributed by atoms with Gasteiger partial charge in [-0.05, 0) is 268 Å². The standard InChI is InChI=1S/C17H26N2O.C15H23NO.C15H23N.C14H19N3.C14H22N2O.C13H19N.C13H21N/c1-4-5-17(20)19-12-10-18(11-13-19)16-8-6-15(7-9-16)14(2)3;1-11(2)13-4-5-14(15(10-13)17-3)12-6-8-16-9-7-12;1-12(2)13-4-6-14(7-5-13)15-8-10-16(3)11-9-15;1-11(2)12-3-4-14(13(9-12)10-15)17-7-5-16-6-8-17;1-11(2)12-4-5-13(14(10-12)17-3)16-8-6-15-7-9-16;1-11(2)12-5-7-13(8-6-12)14-9-3-4-10-14;1-11(2)13-8-6-12(7-9-13)5-4-10-14-3/h6-9,14H,4-5,10-13H2,1-3H3;4-5,10-12,16H,6-9H2,1-3H3;4-7,12,15H,8-11H2,1-3H3;3-4,9,11,16H,5-8H2,1-2H3;4-5,10-11,15H,6-9H2,1-3H3;5-8,11H,3-4,9-10H2,1-2H3;6-9,11,14H,4-5,10H2,1-3H3. The molecule has 630 valence electrons. The summed E-state index contributed by atoms with van der Waals surface area (Å²) in [6, 6.07) is 58.1. The number of likely N-dealkylation sites (tertiary alicyclic amines) is 1. The first kappa shape index (κ1) is 94.3. The van der Waals surface area contributed by atoms with E-state index in [-0.39, 0.29) is 0 Å². The van der Waals surface area contributed by atoms with Crippen LogP contribution in [0.1, 0.15) is 276 Å². The fraction of sp³-hybridized carbons (Fsp3) is 0.564. The van der Waals surface area contributed by atoms with Crippen LogP contribution in [0, 0.1) is 11.3 Å². The Hall–Kier alpha value is -7.90. The fourth-order valence-corrected chi connectivity index (χ4v) is 15.7. The van der Waals surface area contributed by atoms with Gasteiger partial charge in [0.15, 0.2) is 0 Å². The summed E-state index contributed by atoms with van der Waals surface area (Å²) in [6.45, 7) is 53.2. The molecule has 115 heavy (non-hydrogen) atoms. The van der Waals surface area contributed by atoms with Crippen molar-refractivity contribution in [1.29, 1.82) is 5.26 Å². The van der Waals surface area contributed by atoms with Crippen molar-refractivity contribution < 1.29 is 14.3 Å². The Morgan fingerprint density at radius 1 is 0.443 bits per heavy atom. The molecular weight excluding hydrogens is 1420 g/mol. The van der Waals surface area contributed by atoms with E-state index in [1.165, 1.54) is 150 Å². The number of nitrogens with one attached hydrogen (secondary N) is 4. The smallest absolute Gasteiger partial charge is 0.222 e. The normalized spacial score (nSPS) is 16.1. The van der Waals surface area contributed by atoms with Crippen LogP contribution < -0.4 is 50.3 Å². The molecule has 0 unspecified atom stereocenters. The van der Waals surface area contributed by atoms with Crippen LogP contribution in [-0.2, 0) is 11.2 Å². The average molecular weight is 1570 g/mol. The second-order valence-electron chi connectivity index (χ2n) is 34.6. The van der Waals surface area contributed by atoms with Crippen molar-refractivity contribution in [2.45, 2.75) is 221 Å². The number of rotatable bonds is 21. The number of aryl methyl sites for hydroxylation is 1. The summed E-state index contributed by atoms with van der Waals surface area (Å²) in [4.78, 5) is 25.8. The number of amides is 1. The molecule has 1 amide bonds. The molecule has 13 rings (SSSR count). The van der Waals surface area contributed by atoms with Gasteiger partial charge in [0.1, 0.15) is 17.6 Å². The number of ether oxygens (including phenoxy) is 2. The van der Waals surface area contributed by atoms with E-state index < -0.39 is 0 Å². The zero-order valence-corrected chi connectivity index (χ0v) is 75.0. The molecule has 7 aromatic carbocycles. The molecule has 6 aliphatic rings. The summed E-state index contributed by atoms with van der Waals surface area (Å²) in [5.41, 5.74) is 19.8. The maximum atomic E-state index is 11.9. The maximum absolute atomic E-state index is 11.9. The highest BCUT2D eigenvalue weighted by Crippen LogP contribution is 2.37. The van der Waals surface area contributed by atoms with Crippen LogP contribution in [0.3, 0.4) is 0 Å². The van der Waals surface area contributed by atoms with Gasteiger partial charge in [-0.1, -0.05) is 201 Å². The molecule has 0 aliphatic carbocycles. The average Bonchev–Trinajstić information content (AvgIpc) is 1.23. The van der Waals surface area contributed by atoms with Gasteiger partial charge in [-0.2, -0.15) is 5.26 Å². The maximum Gasteiger partial charge on any atom is 0.222 e. The minimum Gasteiger partial charge on any atom is -0.496 e. The molecule has 6 aliphatic heterocycles. The molecule has 14 heteroatoms. The predicted molar refractivity (Wildman–Crippen MR) is 493 cm³/mol. The van der Waals surface area contributed by atoms with E-state index >= 15 is 0 Å². The van der Waals surface area contributed by atoms with Gasteiger partial charge in [-0.15, -0.1) is 0 Å². The third-order valence-corrected chi connectivity index (χ3v) is 23.7. The van der Waals surface area contributed by atoms with Crippen LogP contribution >= 0.6 is 0 Å². The Morgan fingerprint density at radius 2 is 0.843 bits per heavy atom. The molecule has 7 aromatic rings. The Morgan fingerprint density at radius 3 is 1.29 bits per heavy atom. The van der Waals surface area contributed by atoms with Crippen molar-refractivity contribution in [3.05, 3.63) is 213 Å². The summed E-state index contributed by atoms with van der Waals surface area (Å²) in [7, 11) is 7.76. The zero-order valence-electron chi connectivity index (χ0n) is 75.0. The number of piperidine rings is 2. The van der Waals surface area contributed by atoms with Crippen LogP contribution in [0.2, 0.25) is 0 Å². The highest BCUT2D eigenvalue weighted by Gasteiger charge is 2.24. The number of anilines is 4. The zero-order chi connectivity index (χ0) is 83.2. The number of methoxy groups -OCH3 is 2. The Balaban J connectivity index is 0.000000186. The number of nitrogens with zero attached hydrogens (tertiary/aromatic N) is 7. The second-order valence-corrected chi connectivity index (χ2v) is 34.6. The van der Waals surface area contributed by atoms with E-state index in [2.05, 4.69) is 308 Å². The van der Waals surface area contributed by atoms with Gasteiger partial charge in [0.2, 0.25) is 5.91 Å². The van der Waals surface area contributed by atoms with E-state index in [0.717, 1.165) is 133 Å². The quantitative estimate of drug-likeness (QED) is 0.0511. The van der Waals surface area contributed by atoms with Crippen molar-refractivity contribution >= 4 is 28.7 Å². The Labute approximate surface area is 699 Å². The molecule has 14 nitrogen and oxygen atoms in total. The summed E-state index contributed by atoms with van der Waals surface area (Å²) in [5.74, 6) is 7.91. The molecule has 4 N–H and O–H groups in total. The number of hydrogen-bond donors (Lipinski definition) is 4. The molecule has 0 aromatic heterocycles. The SMILES string of the molecule is CC(C)c1ccc(C2CCN(C)CC2)cc1.CC(C)c1ccc(N2CCCC2)cc1.CC(C)c1ccc(N2CCNCC2)c(C#N)c1.CCCC(=O)N1CCN(c2ccc(C(C)C)cc2)CC1.CNCCCc1ccc(C(C)C)cc1.COc1cc(C(C)C)ccc1C1CCNCC1.COc1cc(C(C)C)ccc1N1CCNCC1. The first-order chi connectivity index (χ1) is 55.4. The third-order valence-electron chi connectivity index (χ3n) is 23.7. The van der Waals surface area contributed by atoms with Crippen LogP contribution in [0.25, 0.3) is 0 Å². The first-order valence-electron chi connectivity index (χ1n) is 44.5. The lowest BCUT2D eigenvalue weighted by Gasteiger charge is -2.36. The molecule has 0 spiro atoms. The Kier molecular flexibility index (Phi) is 41.5. The van der Waals surface area contributed by atoms with Crippen molar-refractivity contribution in [3.63, 3.8) is 0 Å². The molecule has 0 radical (unpaired) electrons. The number of carbonyl (C=O) groups excluding carboxylic acids is 1. The van der Waals surface area contributed by atoms with Crippen LogP contribution in [0.5, 0.6) is 11.5 Å². The molecule has 0 saturated carbocycles.